The van der Waals surface area contributed by atoms with Crippen LogP contribution in [0.2, 0.25) is 0 Å². The molecule has 5 nitrogen and oxygen atoms in total. The van der Waals surface area contributed by atoms with E-state index >= 15 is 0 Å². The summed E-state index contributed by atoms with van der Waals surface area (Å²) < 4.78 is 42.8. The van der Waals surface area contributed by atoms with Gasteiger partial charge in [-0.05, 0) is 35.7 Å². The molecular weight excluding hydrogens is 417 g/mol. The van der Waals surface area contributed by atoms with E-state index in [1.165, 1.54) is 6.07 Å². The number of aromatic nitrogens is 2. The van der Waals surface area contributed by atoms with Crippen molar-refractivity contribution >= 4 is 11.7 Å². The normalized spacial score (nSPS) is 31.2. The molecule has 0 spiro atoms. The first kappa shape index (κ1) is 21.3. The van der Waals surface area contributed by atoms with Gasteiger partial charge in [-0.3, -0.25) is 4.79 Å². The van der Waals surface area contributed by atoms with Crippen LogP contribution < -0.4 is 5.32 Å². The molecule has 1 aromatic heterocycles. The number of halogens is 3. The topological polar surface area (TPSA) is 50.2 Å². The summed E-state index contributed by atoms with van der Waals surface area (Å²) in [6, 6.07) is 8.42. The third kappa shape index (κ3) is 3.67. The molecule has 3 heterocycles. The monoisotopic (exact) mass is 446 g/mol. The van der Waals surface area contributed by atoms with Crippen LogP contribution in [0.15, 0.2) is 36.4 Å². The van der Waals surface area contributed by atoms with Crippen LogP contribution in [0.25, 0.3) is 0 Å². The summed E-state index contributed by atoms with van der Waals surface area (Å²) in [5, 5.41) is 7.37. The molecule has 2 fully saturated rings. The summed E-state index contributed by atoms with van der Waals surface area (Å²) >= 11 is 0. The highest BCUT2D eigenvalue weighted by molar-refractivity contribution is 5.93. The average molecular weight is 447 g/mol. The smallest absolute Gasteiger partial charge is 0.363 e. The molecule has 2 aliphatic heterocycles. The molecule has 1 N–H and O–H groups in total. The zero-order chi connectivity index (χ0) is 22.9. The number of carbonyl (C=O) groups excluding carboxylic acids is 1. The highest BCUT2D eigenvalue weighted by atomic mass is 19.4. The van der Waals surface area contributed by atoms with Crippen molar-refractivity contribution in [3.8, 4) is 0 Å². The molecular formula is C24H29F3N4O. The quantitative estimate of drug-likeness (QED) is 0.655. The van der Waals surface area contributed by atoms with Crippen LogP contribution in [0.3, 0.4) is 0 Å². The van der Waals surface area contributed by atoms with Crippen LogP contribution in [-0.4, -0.2) is 39.4 Å². The lowest BCUT2D eigenvalue weighted by Gasteiger charge is -2.39. The first-order chi connectivity index (χ1) is 14.9. The fraction of sp³-hybridized carbons (Fsp3) is 0.583. The number of nitrogens with one attached hydrogen (secondary N) is 1. The predicted molar refractivity (Wildman–Crippen MR) is 115 cm³/mol. The molecule has 1 aromatic carbocycles. The lowest BCUT2D eigenvalue weighted by molar-refractivity contribution is -0.173. The predicted octanol–water partition coefficient (Wildman–Crippen LogP) is 5.58. The van der Waals surface area contributed by atoms with Gasteiger partial charge in [-0.1, -0.05) is 51.1 Å². The molecule has 4 atom stereocenters. The summed E-state index contributed by atoms with van der Waals surface area (Å²) in [7, 11) is 0. The van der Waals surface area contributed by atoms with Crippen LogP contribution in [0, 0.1) is 10.8 Å². The fourth-order valence-electron chi connectivity index (χ4n) is 6.43. The van der Waals surface area contributed by atoms with Crippen LogP contribution in [0.5, 0.6) is 0 Å². The molecule has 0 unspecified atom stereocenters. The van der Waals surface area contributed by atoms with Crippen LogP contribution in [-0.2, 0) is 0 Å². The Balaban J connectivity index is 1.46. The number of rotatable bonds is 2. The summed E-state index contributed by atoms with van der Waals surface area (Å²) in [4.78, 5) is 15.3. The van der Waals surface area contributed by atoms with Gasteiger partial charge in [-0.15, -0.1) is 0 Å². The third-order valence-corrected chi connectivity index (χ3v) is 7.29. The van der Waals surface area contributed by atoms with Crippen molar-refractivity contribution in [1.29, 1.82) is 0 Å². The summed E-state index contributed by atoms with van der Waals surface area (Å²) in [6.07, 6.45) is -1.75. The van der Waals surface area contributed by atoms with Gasteiger partial charge in [0.25, 0.3) is 5.91 Å². The second-order valence-corrected chi connectivity index (χ2v) is 10.9. The number of anilines is 1. The van der Waals surface area contributed by atoms with Gasteiger partial charge in [0.2, 0.25) is 0 Å². The number of fused-ring (bicyclic) bond motifs is 3. The first-order valence-electron chi connectivity index (χ1n) is 11.2. The maximum atomic E-state index is 13.9. The van der Waals surface area contributed by atoms with Crippen molar-refractivity contribution < 1.29 is 18.0 Å². The molecule has 2 aromatic rings. The number of benzene rings is 1. The maximum Gasteiger partial charge on any atom is 0.410 e. The Bertz CT molecular complexity index is 1030. The number of hydrogen-bond acceptors (Lipinski definition) is 3. The Kier molecular flexibility index (Phi) is 4.66. The molecule has 2 bridgehead atoms. The number of carbonyl (C=O) groups is 1. The Labute approximate surface area is 186 Å². The molecule has 1 aliphatic carbocycles. The summed E-state index contributed by atoms with van der Waals surface area (Å²) in [5.41, 5.74) is 1.06. The molecule has 172 valence electrons. The number of hydrogen-bond donors (Lipinski definition) is 1. The molecule has 1 saturated heterocycles. The molecule has 5 rings (SSSR count). The summed E-state index contributed by atoms with van der Waals surface area (Å²) in [5.74, 6) is -0.0261. The van der Waals surface area contributed by atoms with Crippen molar-refractivity contribution in [1.82, 2.24) is 14.7 Å². The van der Waals surface area contributed by atoms with Gasteiger partial charge in [-0.25, -0.2) is 4.68 Å². The van der Waals surface area contributed by atoms with E-state index < -0.39 is 18.3 Å². The lowest BCUT2D eigenvalue weighted by atomic mass is 9.65. The zero-order valence-corrected chi connectivity index (χ0v) is 18.6. The second kappa shape index (κ2) is 6.99. The largest absolute Gasteiger partial charge is 0.410 e. The van der Waals surface area contributed by atoms with Crippen LogP contribution in [0.1, 0.15) is 74.6 Å². The van der Waals surface area contributed by atoms with Gasteiger partial charge in [0.1, 0.15) is 5.82 Å². The Morgan fingerprint density at radius 1 is 1.16 bits per heavy atom. The van der Waals surface area contributed by atoms with Gasteiger partial charge in [0.05, 0.1) is 6.04 Å². The SMILES string of the molecule is CC1(C)C[C@H]2C[C@@](C)(CN2C(=O)c2cc3n(n2)[C@@H](C(F)(F)F)C[C@H](c2ccccc2)N3)C1. The highest BCUT2D eigenvalue weighted by Crippen LogP contribution is 2.53. The van der Waals surface area contributed by atoms with Crippen molar-refractivity contribution in [2.45, 2.75) is 70.8 Å². The minimum Gasteiger partial charge on any atom is -0.363 e. The van der Waals surface area contributed by atoms with Crippen molar-refractivity contribution in [2.75, 3.05) is 11.9 Å². The maximum absolute atomic E-state index is 13.9. The van der Waals surface area contributed by atoms with E-state index in [0.717, 1.165) is 29.5 Å². The Morgan fingerprint density at radius 3 is 2.56 bits per heavy atom. The van der Waals surface area contributed by atoms with E-state index in [9.17, 15) is 18.0 Å². The van der Waals surface area contributed by atoms with Crippen molar-refractivity contribution in [3.05, 3.63) is 47.7 Å². The van der Waals surface area contributed by atoms with E-state index in [0.29, 0.717) is 6.54 Å². The molecule has 8 heteroatoms. The van der Waals surface area contributed by atoms with E-state index in [2.05, 4.69) is 31.2 Å². The third-order valence-electron chi connectivity index (χ3n) is 7.29. The minimum atomic E-state index is -4.46. The van der Waals surface area contributed by atoms with Gasteiger partial charge in [0.15, 0.2) is 11.7 Å². The number of amides is 1. The Morgan fingerprint density at radius 2 is 1.88 bits per heavy atom. The first-order valence-corrected chi connectivity index (χ1v) is 11.2. The Hall–Kier alpha value is -2.51. The minimum absolute atomic E-state index is 0.0482. The number of nitrogens with zero attached hydrogens (tertiary/aromatic N) is 3. The zero-order valence-electron chi connectivity index (χ0n) is 18.6. The second-order valence-electron chi connectivity index (χ2n) is 10.9. The van der Waals surface area contributed by atoms with E-state index in [1.807, 2.05) is 35.2 Å². The lowest BCUT2D eigenvalue weighted by Crippen LogP contribution is -2.38. The standard InChI is InChI=1S/C24H29F3N4O/c1-22(2)11-16-12-23(3,13-22)14-30(16)21(32)18-10-20-28-17(15-7-5-4-6-8-15)9-19(24(25,26)27)31(20)29-18/h4-8,10,16-17,19,28H,9,11-14H2,1-3H3/t16-,17+,19+,23+/m0/s1. The van der Waals surface area contributed by atoms with E-state index in [-0.39, 0.29) is 40.7 Å². The molecule has 0 radical (unpaired) electrons. The average Bonchev–Trinajstić information content (AvgIpc) is 3.23. The highest BCUT2D eigenvalue weighted by Gasteiger charge is 2.52. The molecule has 1 amide bonds. The van der Waals surface area contributed by atoms with Gasteiger partial charge >= 0.3 is 6.18 Å². The van der Waals surface area contributed by atoms with Crippen LogP contribution in [0.4, 0.5) is 19.0 Å². The van der Waals surface area contributed by atoms with Crippen molar-refractivity contribution in [3.63, 3.8) is 0 Å². The van der Waals surface area contributed by atoms with Gasteiger partial charge in [-0.2, -0.15) is 18.3 Å². The number of likely N-dealkylation sites (tertiary alicyclic amines) is 1. The van der Waals surface area contributed by atoms with E-state index in [4.69, 9.17) is 0 Å². The molecule has 3 aliphatic rings. The van der Waals surface area contributed by atoms with Crippen molar-refractivity contribution in [2.24, 2.45) is 10.8 Å². The summed E-state index contributed by atoms with van der Waals surface area (Å²) in [6.45, 7) is 7.29. The molecule has 1 saturated carbocycles. The molecule has 32 heavy (non-hydrogen) atoms. The van der Waals surface area contributed by atoms with Crippen LogP contribution >= 0.6 is 0 Å². The van der Waals surface area contributed by atoms with Gasteiger partial charge < -0.3 is 10.2 Å². The van der Waals surface area contributed by atoms with Gasteiger partial charge in [0, 0.05) is 25.1 Å². The number of alkyl halides is 3. The fourth-order valence-corrected chi connectivity index (χ4v) is 6.43. The van der Waals surface area contributed by atoms with E-state index in [1.54, 1.807) is 0 Å².